The molecule has 0 saturated heterocycles. The van der Waals surface area contributed by atoms with Crippen molar-refractivity contribution in [3.8, 4) is 66.8 Å². The van der Waals surface area contributed by atoms with E-state index in [-0.39, 0.29) is 0 Å². The van der Waals surface area contributed by atoms with Gasteiger partial charge in [0, 0.05) is 65.6 Å². The highest BCUT2D eigenvalue weighted by Gasteiger charge is 2.24. The monoisotopic (exact) mass is 801 g/mol. The fraction of sp³-hybridized carbons (Fsp3) is 0. The maximum absolute atomic E-state index is 3.83. The molecule has 3 aromatic heterocycles. The number of aromatic amines is 3. The summed E-state index contributed by atoms with van der Waals surface area (Å²) in [5.74, 6) is 0. The van der Waals surface area contributed by atoms with Crippen molar-refractivity contribution in [2.45, 2.75) is 0 Å². The highest BCUT2D eigenvalue weighted by Crippen LogP contribution is 2.50. The molecule has 0 bridgehead atoms. The Kier molecular flexibility index (Phi) is 7.91. The molecule has 63 heavy (non-hydrogen) atoms. The van der Waals surface area contributed by atoms with Crippen molar-refractivity contribution in [2.75, 3.05) is 0 Å². The number of benzene rings is 10. The molecule has 13 rings (SSSR count). The molecule has 3 heterocycles. The summed E-state index contributed by atoms with van der Waals surface area (Å²) in [7, 11) is 0. The summed E-state index contributed by atoms with van der Waals surface area (Å²) in [4.78, 5) is 11.4. The van der Waals surface area contributed by atoms with Crippen LogP contribution in [0.25, 0.3) is 132 Å². The minimum atomic E-state index is 1.14. The predicted octanol–water partition coefficient (Wildman–Crippen LogP) is 16.6. The van der Waals surface area contributed by atoms with E-state index in [1.165, 1.54) is 99.1 Å². The molecule has 0 saturated carbocycles. The second-order valence-electron chi connectivity index (χ2n) is 16.6. The fourth-order valence-corrected chi connectivity index (χ4v) is 10.4. The van der Waals surface area contributed by atoms with Crippen LogP contribution in [0.2, 0.25) is 0 Å². The minimum Gasteiger partial charge on any atom is -0.354 e. The van der Waals surface area contributed by atoms with Crippen LogP contribution in [-0.2, 0) is 0 Å². The number of para-hydroxylation sites is 6. The van der Waals surface area contributed by atoms with Crippen LogP contribution in [-0.4, -0.2) is 15.0 Å². The summed E-state index contributed by atoms with van der Waals surface area (Å²) in [5, 5.41) is 7.37. The minimum absolute atomic E-state index is 1.14. The molecule has 13 aromatic rings. The van der Waals surface area contributed by atoms with E-state index in [1.54, 1.807) is 0 Å². The largest absolute Gasteiger partial charge is 0.354 e. The SMILES string of the molecule is c1ccc(-c2cccc3c2[nH]c2ccccc23)c(-c2cccc(-c3ccccc3-c3cccc4c3[nH]c3ccccc34)c2-c2ccccc2-c2cccc3c2[nH]c2ccccc23)c1. The molecule has 3 heteroatoms. The first-order valence-corrected chi connectivity index (χ1v) is 21.7. The molecule has 0 aliphatic rings. The molecule has 0 fully saturated rings. The van der Waals surface area contributed by atoms with Crippen LogP contribution >= 0.6 is 0 Å². The van der Waals surface area contributed by atoms with E-state index in [2.05, 4.69) is 233 Å². The molecule has 10 aromatic carbocycles. The number of aromatic nitrogens is 3. The van der Waals surface area contributed by atoms with Crippen molar-refractivity contribution in [2.24, 2.45) is 0 Å². The summed E-state index contributed by atoms with van der Waals surface area (Å²) in [6, 6.07) is 79.7. The van der Waals surface area contributed by atoms with E-state index in [0.29, 0.717) is 0 Å². The van der Waals surface area contributed by atoms with E-state index in [1.807, 2.05) is 0 Å². The van der Waals surface area contributed by atoms with E-state index >= 15 is 0 Å². The van der Waals surface area contributed by atoms with Crippen molar-refractivity contribution in [3.05, 3.63) is 218 Å². The normalized spacial score (nSPS) is 11.8. The van der Waals surface area contributed by atoms with Gasteiger partial charge in [0.25, 0.3) is 0 Å². The molecular weight excluding hydrogens is 763 g/mol. The fourth-order valence-electron chi connectivity index (χ4n) is 10.4. The van der Waals surface area contributed by atoms with Crippen LogP contribution in [0.4, 0.5) is 0 Å². The van der Waals surface area contributed by atoms with Crippen LogP contribution in [0.5, 0.6) is 0 Å². The zero-order valence-electron chi connectivity index (χ0n) is 34.3. The van der Waals surface area contributed by atoms with Crippen molar-refractivity contribution < 1.29 is 0 Å². The summed E-state index contributed by atoms with van der Waals surface area (Å²) >= 11 is 0. The average Bonchev–Trinajstić information content (AvgIpc) is 4.05. The number of fused-ring (bicyclic) bond motifs is 9. The Morgan fingerprint density at radius 1 is 0.175 bits per heavy atom. The second-order valence-corrected chi connectivity index (χ2v) is 16.6. The van der Waals surface area contributed by atoms with Crippen molar-refractivity contribution in [1.82, 2.24) is 15.0 Å². The van der Waals surface area contributed by atoms with Gasteiger partial charge in [-0.05, 0) is 68.3 Å². The molecule has 294 valence electrons. The van der Waals surface area contributed by atoms with Crippen LogP contribution in [0.3, 0.4) is 0 Å². The lowest BCUT2D eigenvalue weighted by molar-refractivity contribution is 1.51. The third-order valence-electron chi connectivity index (χ3n) is 13.2. The molecule has 0 amide bonds. The Hall–Kier alpha value is -8.40. The van der Waals surface area contributed by atoms with Crippen LogP contribution in [0.1, 0.15) is 0 Å². The lowest BCUT2D eigenvalue weighted by atomic mass is 9.81. The van der Waals surface area contributed by atoms with Gasteiger partial charge in [-0.1, -0.05) is 200 Å². The average molecular weight is 802 g/mol. The summed E-state index contributed by atoms with van der Waals surface area (Å²) < 4.78 is 0. The standard InChI is InChI=1S/C60H39N3/c1-3-19-39(48-28-14-31-51-42-22-7-10-34-54(42)61-58(48)51)37(17-1)46-26-13-27-47(38-18-2-4-20-40(38)49-29-15-32-52-43-23-8-11-35-55(43)62-59(49)52)57(46)45-25-6-5-21-41(45)50-30-16-33-53-44-24-9-12-36-56(44)63-60(50)53/h1-36,61-63H. The topological polar surface area (TPSA) is 47.4 Å². The number of rotatable bonds is 6. The Morgan fingerprint density at radius 3 is 0.794 bits per heavy atom. The van der Waals surface area contributed by atoms with E-state index < -0.39 is 0 Å². The highest BCUT2D eigenvalue weighted by molar-refractivity contribution is 6.17. The van der Waals surface area contributed by atoms with Gasteiger partial charge in [-0.3, -0.25) is 0 Å². The smallest absolute Gasteiger partial charge is 0.0544 e. The van der Waals surface area contributed by atoms with Gasteiger partial charge in [0.1, 0.15) is 0 Å². The Balaban J connectivity index is 1.12. The van der Waals surface area contributed by atoms with Crippen molar-refractivity contribution in [1.29, 1.82) is 0 Å². The summed E-state index contributed by atoms with van der Waals surface area (Å²) in [6.07, 6.45) is 0. The van der Waals surface area contributed by atoms with Crippen molar-refractivity contribution >= 4 is 65.4 Å². The zero-order chi connectivity index (χ0) is 41.4. The van der Waals surface area contributed by atoms with Crippen molar-refractivity contribution in [3.63, 3.8) is 0 Å². The van der Waals surface area contributed by atoms with E-state index in [9.17, 15) is 0 Å². The molecule has 3 N–H and O–H groups in total. The van der Waals surface area contributed by atoms with E-state index in [0.717, 1.165) is 33.1 Å². The van der Waals surface area contributed by atoms with Gasteiger partial charge in [0.2, 0.25) is 0 Å². The molecule has 0 unspecified atom stereocenters. The molecule has 0 spiro atoms. The second kappa shape index (κ2) is 14.1. The quantitative estimate of drug-likeness (QED) is 0.150. The third kappa shape index (κ3) is 5.46. The van der Waals surface area contributed by atoms with Crippen LogP contribution in [0.15, 0.2) is 218 Å². The Morgan fingerprint density at radius 2 is 0.413 bits per heavy atom. The molecule has 0 radical (unpaired) electrons. The predicted molar refractivity (Wildman–Crippen MR) is 267 cm³/mol. The molecule has 0 aliphatic carbocycles. The van der Waals surface area contributed by atoms with Gasteiger partial charge in [0.15, 0.2) is 0 Å². The Labute approximate surface area is 363 Å². The first kappa shape index (κ1) is 35.4. The molecule has 0 atom stereocenters. The van der Waals surface area contributed by atoms with Gasteiger partial charge in [-0.2, -0.15) is 0 Å². The van der Waals surface area contributed by atoms with Crippen LogP contribution in [0, 0.1) is 0 Å². The molecular formula is C60H39N3. The number of H-pyrrole nitrogens is 3. The lowest BCUT2D eigenvalue weighted by Crippen LogP contribution is -1.96. The number of hydrogen-bond acceptors (Lipinski definition) is 0. The van der Waals surface area contributed by atoms with Gasteiger partial charge >= 0.3 is 0 Å². The third-order valence-corrected chi connectivity index (χ3v) is 13.2. The summed E-state index contributed by atoms with van der Waals surface area (Å²) in [5.41, 5.74) is 21.0. The Bertz CT molecular complexity index is 3760. The van der Waals surface area contributed by atoms with E-state index in [4.69, 9.17) is 0 Å². The first-order chi connectivity index (χ1) is 31.3. The lowest BCUT2D eigenvalue weighted by Gasteiger charge is -2.22. The van der Waals surface area contributed by atoms with Crippen LogP contribution < -0.4 is 0 Å². The van der Waals surface area contributed by atoms with Gasteiger partial charge in [0.05, 0.1) is 16.6 Å². The maximum atomic E-state index is 3.83. The van der Waals surface area contributed by atoms with Gasteiger partial charge in [-0.15, -0.1) is 0 Å². The van der Waals surface area contributed by atoms with Gasteiger partial charge in [-0.25, -0.2) is 0 Å². The number of hydrogen-bond donors (Lipinski definition) is 3. The highest BCUT2D eigenvalue weighted by atomic mass is 14.7. The maximum Gasteiger partial charge on any atom is 0.0544 e. The molecule has 3 nitrogen and oxygen atoms in total. The molecule has 0 aliphatic heterocycles. The number of nitrogens with one attached hydrogen (secondary N) is 3. The van der Waals surface area contributed by atoms with Gasteiger partial charge < -0.3 is 15.0 Å². The summed E-state index contributed by atoms with van der Waals surface area (Å²) in [6.45, 7) is 0. The zero-order valence-corrected chi connectivity index (χ0v) is 34.3. The first-order valence-electron chi connectivity index (χ1n) is 21.7.